The molecule has 0 aliphatic rings. The van der Waals surface area contributed by atoms with Crippen molar-refractivity contribution in [3.63, 3.8) is 0 Å². The standard InChI is InChI=1S/C14H22FNO2/c1-11(2)10-17-6-7-18-14(9-16)12-4-3-5-13(15)8-12/h3-5,8,11,14H,6-7,9-10,16H2,1-2H3. The summed E-state index contributed by atoms with van der Waals surface area (Å²) in [5.74, 6) is 0.240. The van der Waals surface area contributed by atoms with E-state index in [4.69, 9.17) is 15.2 Å². The highest BCUT2D eigenvalue weighted by Gasteiger charge is 2.10. The van der Waals surface area contributed by atoms with Crippen molar-refractivity contribution in [3.8, 4) is 0 Å². The molecule has 0 bridgehead atoms. The lowest BCUT2D eigenvalue weighted by atomic mass is 10.1. The van der Waals surface area contributed by atoms with E-state index in [1.165, 1.54) is 12.1 Å². The zero-order chi connectivity index (χ0) is 13.4. The molecule has 0 spiro atoms. The zero-order valence-corrected chi connectivity index (χ0v) is 11.1. The molecule has 0 aliphatic carbocycles. The molecule has 0 saturated heterocycles. The third-order valence-corrected chi connectivity index (χ3v) is 2.43. The van der Waals surface area contributed by atoms with E-state index in [1.54, 1.807) is 6.07 Å². The Morgan fingerprint density at radius 3 is 2.67 bits per heavy atom. The van der Waals surface area contributed by atoms with Gasteiger partial charge in [-0.3, -0.25) is 0 Å². The molecule has 0 amide bonds. The van der Waals surface area contributed by atoms with E-state index in [1.807, 2.05) is 6.07 Å². The van der Waals surface area contributed by atoms with Crippen LogP contribution in [0.4, 0.5) is 4.39 Å². The molecule has 1 atom stereocenters. The first-order chi connectivity index (χ1) is 8.63. The summed E-state index contributed by atoms with van der Waals surface area (Å²) in [6.07, 6.45) is -0.275. The largest absolute Gasteiger partial charge is 0.379 e. The monoisotopic (exact) mass is 255 g/mol. The van der Waals surface area contributed by atoms with Crippen molar-refractivity contribution < 1.29 is 13.9 Å². The van der Waals surface area contributed by atoms with E-state index >= 15 is 0 Å². The van der Waals surface area contributed by atoms with Gasteiger partial charge < -0.3 is 15.2 Å². The van der Waals surface area contributed by atoms with Gasteiger partial charge in [0.05, 0.1) is 19.3 Å². The van der Waals surface area contributed by atoms with Crippen molar-refractivity contribution in [2.24, 2.45) is 11.7 Å². The zero-order valence-electron chi connectivity index (χ0n) is 11.1. The highest BCUT2D eigenvalue weighted by atomic mass is 19.1. The Hall–Kier alpha value is -0.970. The molecule has 102 valence electrons. The number of hydrogen-bond acceptors (Lipinski definition) is 3. The SMILES string of the molecule is CC(C)COCCOC(CN)c1cccc(F)c1. The van der Waals surface area contributed by atoms with E-state index in [0.717, 1.165) is 12.2 Å². The van der Waals surface area contributed by atoms with Gasteiger partial charge >= 0.3 is 0 Å². The van der Waals surface area contributed by atoms with Crippen LogP contribution in [0.1, 0.15) is 25.5 Å². The Balaban J connectivity index is 2.34. The van der Waals surface area contributed by atoms with Crippen LogP contribution >= 0.6 is 0 Å². The third kappa shape index (κ3) is 5.58. The van der Waals surface area contributed by atoms with E-state index in [9.17, 15) is 4.39 Å². The van der Waals surface area contributed by atoms with Gasteiger partial charge in [-0.1, -0.05) is 26.0 Å². The molecule has 1 unspecified atom stereocenters. The highest BCUT2D eigenvalue weighted by molar-refractivity contribution is 5.19. The quantitative estimate of drug-likeness (QED) is 0.726. The summed E-state index contributed by atoms with van der Waals surface area (Å²) in [6.45, 7) is 6.23. The Bertz CT molecular complexity index is 344. The smallest absolute Gasteiger partial charge is 0.123 e. The topological polar surface area (TPSA) is 44.5 Å². The lowest BCUT2D eigenvalue weighted by Crippen LogP contribution is -2.18. The number of hydrogen-bond donors (Lipinski definition) is 1. The van der Waals surface area contributed by atoms with Gasteiger partial charge in [0.15, 0.2) is 0 Å². The van der Waals surface area contributed by atoms with Gasteiger partial charge in [0.1, 0.15) is 5.82 Å². The molecule has 1 rings (SSSR count). The summed E-state index contributed by atoms with van der Waals surface area (Å²) in [4.78, 5) is 0. The van der Waals surface area contributed by atoms with Crippen molar-refractivity contribution in [3.05, 3.63) is 35.6 Å². The number of halogens is 1. The fourth-order valence-corrected chi connectivity index (χ4v) is 1.58. The summed E-state index contributed by atoms with van der Waals surface area (Å²) in [5, 5.41) is 0. The van der Waals surface area contributed by atoms with Crippen molar-refractivity contribution >= 4 is 0 Å². The lowest BCUT2D eigenvalue weighted by Gasteiger charge is -2.16. The number of benzene rings is 1. The van der Waals surface area contributed by atoms with Crippen LogP contribution in [0.3, 0.4) is 0 Å². The normalized spacial score (nSPS) is 12.9. The maximum atomic E-state index is 13.1. The molecule has 0 aliphatic heterocycles. The molecular weight excluding hydrogens is 233 g/mol. The Labute approximate surface area is 108 Å². The molecule has 1 aromatic rings. The van der Waals surface area contributed by atoms with Crippen LogP contribution in [0, 0.1) is 11.7 Å². The molecule has 0 saturated carbocycles. The Kier molecular flexibility index (Phi) is 6.86. The highest BCUT2D eigenvalue weighted by Crippen LogP contribution is 2.16. The van der Waals surface area contributed by atoms with Crippen LogP contribution < -0.4 is 5.73 Å². The van der Waals surface area contributed by atoms with Gasteiger partial charge in [-0.15, -0.1) is 0 Å². The van der Waals surface area contributed by atoms with Crippen molar-refractivity contribution in [1.82, 2.24) is 0 Å². The molecule has 3 nitrogen and oxygen atoms in total. The minimum absolute atomic E-state index is 0.273. The number of rotatable bonds is 8. The first kappa shape index (κ1) is 15.1. The molecule has 0 fully saturated rings. The van der Waals surface area contributed by atoms with Crippen LogP contribution in [0.5, 0.6) is 0 Å². The first-order valence-electron chi connectivity index (χ1n) is 6.28. The van der Waals surface area contributed by atoms with Crippen LogP contribution in [0.15, 0.2) is 24.3 Å². The summed E-state index contributed by atoms with van der Waals surface area (Å²) < 4.78 is 24.1. The fraction of sp³-hybridized carbons (Fsp3) is 0.571. The van der Waals surface area contributed by atoms with Crippen molar-refractivity contribution in [2.45, 2.75) is 20.0 Å². The second-order valence-electron chi connectivity index (χ2n) is 4.62. The summed E-state index contributed by atoms with van der Waals surface area (Å²) in [6, 6.07) is 6.33. The van der Waals surface area contributed by atoms with Gasteiger partial charge in [-0.2, -0.15) is 0 Å². The summed E-state index contributed by atoms with van der Waals surface area (Å²) in [5.41, 5.74) is 6.39. The third-order valence-electron chi connectivity index (χ3n) is 2.43. The fourth-order valence-electron chi connectivity index (χ4n) is 1.58. The molecule has 0 aromatic heterocycles. The summed E-state index contributed by atoms with van der Waals surface area (Å²) >= 11 is 0. The Morgan fingerprint density at radius 2 is 2.06 bits per heavy atom. The average Bonchev–Trinajstić information content (AvgIpc) is 2.33. The van der Waals surface area contributed by atoms with Gasteiger partial charge in [0.2, 0.25) is 0 Å². The van der Waals surface area contributed by atoms with E-state index in [2.05, 4.69) is 13.8 Å². The molecule has 0 heterocycles. The van der Waals surface area contributed by atoms with Crippen LogP contribution in [0.25, 0.3) is 0 Å². The van der Waals surface area contributed by atoms with Crippen LogP contribution in [-0.4, -0.2) is 26.4 Å². The molecule has 18 heavy (non-hydrogen) atoms. The predicted molar refractivity (Wildman–Crippen MR) is 69.8 cm³/mol. The van der Waals surface area contributed by atoms with Crippen molar-refractivity contribution in [2.75, 3.05) is 26.4 Å². The molecule has 0 radical (unpaired) electrons. The Morgan fingerprint density at radius 1 is 1.28 bits per heavy atom. The van der Waals surface area contributed by atoms with E-state index < -0.39 is 0 Å². The van der Waals surface area contributed by atoms with Crippen molar-refractivity contribution in [1.29, 1.82) is 0 Å². The lowest BCUT2D eigenvalue weighted by molar-refractivity contribution is 0.00168. The minimum Gasteiger partial charge on any atom is -0.379 e. The summed E-state index contributed by atoms with van der Waals surface area (Å²) in [7, 11) is 0. The first-order valence-corrected chi connectivity index (χ1v) is 6.28. The number of ether oxygens (including phenoxy) is 2. The predicted octanol–water partition coefficient (Wildman–Crippen LogP) is 2.51. The second kappa shape index (κ2) is 8.19. The average molecular weight is 255 g/mol. The maximum absolute atomic E-state index is 13.1. The molecular formula is C14H22FNO2. The van der Waals surface area contributed by atoms with Gasteiger partial charge in [-0.05, 0) is 23.6 Å². The van der Waals surface area contributed by atoms with Gasteiger partial charge in [-0.25, -0.2) is 4.39 Å². The minimum atomic E-state index is -0.275. The second-order valence-corrected chi connectivity index (χ2v) is 4.62. The van der Waals surface area contributed by atoms with Crippen LogP contribution in [0.2, 0.25) is 0 Å². The number of nitrogens with two attached hydrogens (primary N) is 1. The van der Waals surface area contributed by atoms with Crippen LogP contribution in [-0.2, 0) is 9.47 Å². The van der Waals surface area contributed by atoms with Gasteiger partial charge in [0, 0.05) is 13.2 Å². The molecule has 2 N–H and O–H groups in total. The molecule has 4 heteroatoms. The molecule has 1 aromatic carbocycles. The van der Waals surface area contributed by atoms with E-state index in [-0.39, 0.29) is 11.9 Å². The van der Waals surface area contributed by atoms with Gasteiger partial charge in [0.25, 0.3) is 0 Å². The maximum Gasteiger partial charge on any atom is 0.123 e. The van der Waals surface area contributed by atoms with E-state index in [0.29, 0.717) is 25.7 Å².